The second-order valence-electron chi connectivity index (χ2n) is 5.79. The monoisotopic (exact) mass is 447 g/mol. The summed E-state index contributed by atoms with van der Waals surface area (Å²) in [5.41, 5.74) is 0. The first-order valence-corrected chi connectivity index (χ1v) is 11.0. The number of hydrogen-bond donors (Lipinski definition) is 0. The first kappa shape index (κ1) is 19.2. The van der Waals surface area contributed by atoms with Crippen LogP contribution in [0.4, 0.5) is 0 Å². The van der Waals surface area contributed by atoms with E-state index in [-0.39, 0.29) is 10.9 Å². The van der Waals surface area contributed by atoms with Gasteiger partial charge in [-0.2, -0.15) is 0 Å². The molecule has 3 nitrogen and oxygen atoms in total. The predicted molar refractivity (Wildman–Crippen MR) is 113 cm³/mol. The van der Waals surface area contributed by atoms with Gasteiger partial charge in [-0.1, -0.05) is 52.3 Å². The van der Waals surface area contributed by atoms with Crippen LogP contribution in [0.3, 0.4) is 0 Å². The summed E-state index contributed by atoms with van der Waals surface area (Å²) in [6.07, 6.45) is 1.63. The lowest BCUT2D eigenvalue weighted by molar-refractivity contribution is 0.522. The highest BCUT2D eigenvalue weighted by Gasteiger charge is 2.29. The van der Waals surface area contributed by atoms with Crippen LogP contribution in [-0.4, -0.2) is 18.2 Å². The highest BCUT2D eigenvalue weighted by molar-refractivity contribution is 9.10. The van der Waals surface area contributed by atoms with Crippen LogP contribution in [0.5, 0.6) is 0 Å². The minimum Gasteiger partial charge on any atom is -0.206 e. The van der Waals surface area contributed by atoms with Crippen molar-refractivity contribution in [2.45, 2.75) is 22.8 Å². The van der Waals surface area contributed by atoms with Crippen molar-refractivity contribution in [2.24, 2.45) is 0 Å². The molecule has 1 atom stereocenters. The van der Waals surface area contributed by atoms with E-state index in [1.54, 1.807) is 30.3 Å². The Morgan fingerprint density at radius 1 is 1.04 bits per heavy atom. The quantitative estimate of drug-likeness (QED) is 0.349. The van der Waals surface area contributed by atoms with Crippen molar-refractivity contribution in [3.63, 3.8) is 0 Å². The van der Waals surface area contributed by atoms with E-state index in [0.29, 0.717) is 0 Å². The van der Waals surface area contributed by atoms with Crippen molar-refractivity contribution < 1.29 is 8.42 Å². The number of halogens is 1. The summed E-state index contributed by atoms with van der Waals surface area (Å²) in [4.78, 5) is 1.11. The van der Waals surface area contributed by atoms with Crippen molar-refractivity contribution in [3.8, 4) is 0 Å². The maximum Gasteiger partial charge on any atom is 0.253 e. The normalized spacial score (nSPS) is 13.0. The summed E-state index contributed by atoms with van der Waals surface area (Å²) in [6.45, 7) is 5.58. The Bertz CT molecular complexity index is 1030. The molecule has 0 fully saturated rings. The molecule has 0 bridgehead atoms. The van der Waals surface area contributed by atoms with Gasteiger partial charge in [-0.05, 0) is 66.0 Å². The highest BCUT2D eigenvalue weighted by atomic mass is 79.9. The molecule has 0 radical (unpaired) electrons. The second-order valence-corrected chi connectivity index (χ2v) is 9.80. The first-order chi connectivity index (χ1) is 12.4. The van der Waals surface area contributed by atoms with Gasteiger partial charge in [0.1, 0.15) is 0 Å². The maximum absolute atomic E-state index is 13.2. The number of sulfonamides is 1. The van der Waals surface area contributed by atoms with E-state index >= 15 is 0 Å². The van der Waals surface area contributed by atoms with E-state index in [4.69, 9.17) is 0 Å². The lowest BCUT2D eigenvalue weighted by Gasteiger charge is -2.25. The molecule has 1 unspecified atom stereocenters. The summed E-state index contributed by atoms with van der Waals surface area (Å²) >= 11 is 4.54. The average molecular weight is 448 g/mol. The lowest BCUT2D eigenvalue weighted by atomic mass is 10.1. The molecule has 6 heteroatoms. The summed E-state index contributed by atoms with van der Waals surface area (Å²) in [7, 11) is -3.68. The van der Waals surface area contributed by atoms with Crippen LogP contribution in [0.25, 0.3) is 10.8 Å². The Morgan fingerprint density at radius 2 is 1.69 bits per heavy atom. The van der Waals surface area contributed by atoms with Crippen LogP contribution >= 0.6 is 27.9 Å². The van der Waals surface area contributed by atoms with Gasteiger partial charge < -0.3 is 0 Å². The van der Waals surface area contributed by atoms with Gasteiger partial charge in [0, 0.05) is 9.37 Å². The molecule has 3 rings (SSSR count). The van der Waals surface area contributed by atoms with Gasteiger partial charge in [0.2, 0.25) is 0 Å². The molecule has 0 N–H and O–H groups in total. The zero-order chi connectivity index (χ0) is 18.7. The van der Waals surface area contributed by atoms with Crippen molar-refractivity contribution in [1.29, 1.82) is 0 Å². The molecular formula is C20H18BrNO2S2. The minimum atomic E-state index is -3.68. The molecule has 3 aromatic carbocycles. The van der Waals surface area contributed by atoms with Gasteiger partial charge in [0.15, 0.2) is 0 Å². The van der Waals surface area contributed by atoms with Gasteiger partial charge in [-0.15, -0.1) is 10.3 Å². The maximum atomic E-state index is 13.2. The van der Waals surface area contributed by atoms with Crippen LogP contribution < -0.4 is 0 Å². The lowest BCUT2D eigenvalue weighted by Crippen LogP contribution is -2.31. The Kier molecular flexibility index (Phi) is 5.87. The Hall–Kier alpha value is -1.60. The second kappa shape index (κ2) is 7.96. The van der Waals surface area contributed by atoms with Crippen LogP contribution in [0.2, 0.25) is 0 Å². The molecule has 0 saturated carbocycles. The summed E-state index contributed by atoms with van der Waals surface area (Å²) in [5.74, 6) is 0. The third kappa shape index (κ3) is 4.04. The standard InChI is InChI=1S/C20H18BrNO2S2/c1-3-15(2)22(26(23,24)20-12-9-18(21)10-13-20)25-19-11-8-16-6-4-5-7-17(16)14-19/h3-15H,1H2,2H3. The molecule has 0 saturated heterocycles. The molecule has 0 aliphatic carbocycles. The smallest absolute Gasteiger partial charge is 0.206 e. The molecule has 0 amide bonds. The van der Waals surface area contributed by atoms with E-state index in [1.807, 2.05) is 49.4 Å². The third-order valence-corrected chi connectivity index (χ3v) is 7.93. The Morgan fingerprint density at radius 3 is 2.35 bits per heavy atom. The minimum absolute atomic E-state index is 0.252. The zero-order valence-corrected chi connectivity index (χ0v) is 17.4. The van der Waals surface area contributed by atoms with Crippen molar-refractivity contribution >= 4 is 48.7 Å². The fraction of sp³-hybridized carbons (Fsp3) is 0.100. The van der Waals surface area contributed by atoms with Crippen LogP contribution in [-0.2, 0) is 10.0 Å². The van der Waals surface area contributed by atoms with Crippen LogP contribution in [0.15, 0.2) is 93.6 Å². The van der Waals surface area contributed by atoms with E-state index in [0.717, 1.165) is 20.1 Å². The Balaban J connectivity index is 1.99. The molecule has 0 aromatic heterocycles. The molecule has 0 aliphatic rings. The number of fused-ring (bicyclic) bond motifs is 1. The van der Waals surface area contributed by atoms with Gasteiger partial charge in [0.05, 0.1) is 10.9 Å². The molecule has 134 valence electrons. The van der Waals surface area contributed by atoms with Crippen LogP contribution in [0.1, 0.15) is 6.92 Å². The molecule has 3 aromatic rings. The molecule has 0 heterocycles. The van der Waals surface area contributed by atoms with Crippen LogP contribution in [0, 0.1) is 0 Å². The fourth-order valence-electron chi connectivity index (χ4n) is 2.48. The zero-order valence-electron chi connectivity index (χ0n) is 14.2. The van der Waals surface area contributed by atoms with Gasteiger partial charge >= 0.3 is 0 Å². The topological polar surface area (TPSA) is 37.4 Å². The average Bonchev–Trinajstić information content (AvgIpc) is 2.65. The summed E-state index contributed by atoms with van der Waals surface area (Å²) in [5, 5.41) is 2.20. The Labute approximate surface area is 167 Å². The molecule has 0 spiro atoms. The number of benzene rings is 3. The summed E-state index contributed by atoms with van der Waals surface area (Å²) in [6, 6.07) is 20.2. The highest BCUT2D eigenvalue weighted by Crippen LogP contribution is 2.33. The predicted octanol–water partition coefficient (Wildman–Crippen LogP) is 5.87. The van der Waals surface area contributed by atoms with E-state index in [9.17, 15) is 8.42 Å². The van der Waals surface area contributed by atoms with Crippen molar-refractivity contribution in [1.82, 2.24) is 3.71 Å². The molecule has 0 aliphatic heterocycles. The van der Waals surface area contributed by atoms with Gasteiger partial charge in [0.25, 0.3) is 10.0 Å². The van der Waals surface area contributed by atoms with E-state index in [1.165, 1.54) is 15.7 Å². The van der Waals surface area contributed by atoms with Crippen molar-refractivity contribution in [3.05, 3.63) is 83.9 Å². The third-order valence-electron chi connectivity index (χ3n) is 3.94. The van der Waals surface area contributed by atoms with E-state index < -0.39 is 10.0 Å². The molecular weight excluding hydrogens is 430 g/mol. The largest absolute Gasteiger partial charge is 0.253 e. The fourth-order valence-corrected chi connectivity index (χ4v) is 5.63. The van der Waals surface area contributed by atoms with Gasteiger partial charge in [-0.25, -0.2) is 8.42 Å². The van der Waals surface area contributed by atoms with Gasteiger partial charge in [-0.3, -0.25) is 0 Å². The van der Waals surface area contributed by atoms with Crippen molar-refractivity contribution in [2.75, 3.05) is 0 Å². The number of nitrogens with zero attached hydrogens (tertiary/aromatic N) is 1. The number of hydrogen-bond acceptors (Lipinski definition) is 3. The summed E-state index contributed by atoms with van der Waals surface area (Å²) < 4.78 is 28.5. The SMILES string of the molecule is C=CC(C)N(Sc1ccc2ccccc2c1)S(=O)(=O)c1ccc(Br)cc1. The number of rotatable bonds is 6. The molecule has 26 heavy (non-hydrogen) atoms. The first-order valence-electron chi connectivity index (χ1n) is 8.01. The van der Waals surface area contributed by atoms with E-state index in [2.05, 4.69) is 22.5 Å².